The molecule has 37 heavy (non-hydrogen) atoms. The minimum absolute atomic E-state index is 0.0936. The van der Waals surface area contributed by atoms with Gasteiger partial charge in [-0.2, -0.15) is 8.78 Å². The lowest BCUT2D eigenvalue weighted by Gasteiger charge is -2.31. The Kier molecular flexibility index (Phi) is 10.2. The quantitative estimate of drug-likeness (QED) is 0.116. The molecule has 0 aliphatic carbocycles. The molecule has 0 aliphatic heterocycles. The summed E-state index contributed by atoms with van der Waals surface area (Å²) in [5, 5.41) is 0. The number of hydrogen-bond acceptors (Lipinski definition) is 6. The average molecular weight is 533 g/mol. The second-order valence-electron chi connectivity index (χ2n) is 9.14. The first-order valence-corrected chi connectivity index (χ1v) is 11.5. The van der Waals surface area contributed by atoms with Gasteiger partial charge in [-0.25, -0.2) is 18.0 Å². The second kappa shape index (κ2) is 12.5. The van der Waals surface area contributed by atoms with Crippen LogP contribution in [-0.2, 0) is 30.4 Å². The van der Waals surface area contributed by atoms with Crippen LogP contribution in [0.5, 0.6) is 5.75 Å². The van der Waals surface area contributed by atoms with Gasteiger partial charge in [0.1, 0.15) is 12.0 Å². The molecule has 0 heterocycles. The molecule has 0 aliphatic rings. The molecule has 2 aromatic carbocycles. The Balaban J connectivity index is 2.23. The van der Waals surface area contributed by atoms with Gasteiger partial charge in [0.25, 0.3) is 0 Å². The van der Waals surface area contributed by atoms with E-state index >= 15 is 0 Å². The van der Waals surface area contributed by atoms with Crippen molar-refractivity contribution in [2.75, 3.05) is 13.2 Å². The number of esters is 2. The predicted molar refractivity (Wildman–Crippen MR) is 122 cm³/mol. The molecule has 0 saturated carbocycles. The largest absolute Gasteiger partial charge is 0.462 e. The van der Waals surface area contributed by atoms with Gasteiger partial charge in [0.15, 0.2) is 5.60 Å². The number of halogens is 5. The van der Waals surface area contributed by atoms with Crippen molar-refractivity contribution in [3.05, 3.63) is 65.0 Å². The Bertz CT molecular complexity index is 1080. The SMILES string of the molecule is CCC(C)(OCc1ccccc1)C(=O)OCC(C)(COC(C)C)C(=O)Oc1c(F)c(F)c(F)c(F)c1F. The first kappa shape index (κ1) is 30.2. The normalized spacial score (nSPS) is 14.7. The van der Waals surface area contributed by atoms with E-state index in [-0.39, 0.29) is 13.0 Å². The third-order valence-electron chi connectivity index (χ3n) is 5.62. The van der Waals surface area contributed by atoms with Crippen molar-refractivity contribution in [3.63, 3.8) is 0 Å². The maximum atomic E-state index is 14.1. The molecule has 204 valence electrons. The summed E-state index contributed by atoms with van der Waals surface area (Å²) < 4.78 is 89.8. The monoisotopic (exact) mass is 532 g/mol. The molecule has 0 fully saturated rings. The zero-order valence-corrected chi connectivity index (χ0v) is 21.1. The number of carbonyl (C=O) groups is 2. The van der Waals surface area contributed by atoms with Gasteiger partial charge in [0.2, 0.25) is 34.8 Å². The number of hydrogen-bond donors (Lipinski definition) is 0. The summed E-state index contributed by atoms with van der Waals surface area (Å²) in [7, 11) is 0. The number of benzene rings is 2. The van der Waals surface area contributed by atoms with Gasteiger partial charge in [-0.15, -0.1) is 0 Å². The van der Waals surface area contributed by atoms with Crippen LogP contribution in [0.15, 0.2) is 30.3 Å². The summed E-state index contributed by atoms with van der Waals surface area (Å²) >= 11 is 0. The number of rotatable bonds is 12. The van der Waals surface area contributed by atoms with E-state index in [1.54, 1.807) is 45.0 Å². The first-order valence-electron chi connectivity index (χ1n) is 11.5. The van der Waals surface area contributed by atoms with Crippen molar-refractivity contribution in [2.45, 2.75) is 59.4 Å². The van der Waals surface area contributed by atoms with Crippen molar-refractivity contribution >= 4 is 11.9 Å². The molecule has 2 rings (SSSR count). The molecule has 0 saturated heterocycles. The number of ether oxygens (including phenoxy) is 4. The van der Waals surface area contributed by atoms with Crippen LogP contribution < -0.4 is 4.74 Å². The highest BCUT2D eigenvalue weighted by Gasteiger charge is 2.42. The molecular formula is C26H29F5O6. The zero-order valence-electron chi connectivity index (χ0n) is 21.1. The van der Waals surface area contributed by atoms with Crippen molar-refractivity contribution in [3.8, 4) is 5.75 Å². The minimum Gasteiger partial charge on any atom is -0.462 e. The Morgan fingerprint density at radius 3 is 1.89 bits per heavy atom. The molecule has 11 heteroatoms. The van der Waals surface area contributed by atoms with Gasteiger partial charge >= 0.3 is 11.9 Å². The summed E-state index contributed by atoms with van der Waals surface area (Å²) in [6.45, 7) is 6.58. The molecule has 2 unspecified atom stereocenters. The second-order valence-corrected chi connectivity index (χ2v) is 9.14. The Morgan fingerprint density at radius 1 is 0.838 bits per heavy atom. The van der Waals surface area contributed by atoms with E-state index in [0.717, 1.165) is 5.56 Å². The lowest BCUT2D eigenvalue weighted by atomic mass is 9.92. The van der Waals surface area contributed by atoms with E-state index in [2.05, 4.69) is 4.74 Å². The van der Waals surface area contributed by atoms with E-state index in [0.29, 0.717) is 0 Å². The van der Waals surface area contributed by atoms with Gasteiger partial charge in [0, 0.05) is 0 Å². The van der Waals surface area contributed by atoms with E-state index < -0.39 is 77.1 Å². The molecule has 2 aromatic rings. The fraction of sp³-hybridized carbons (Fsp3) is 0.462. The summed E-state index contributed by atoms with van der Waals surface area (Å²) in [4.78, 5) is 25.8. The molecule has 0 bridgehead atoms. The van der Waals surface area contributed by atoms with Crippen molar-refractivity contribution in [2.24, 2.45) is 5.41 Å². The number of carbonyl (C=O) groups excluding carboxylic acids is 2. The Labute approximate surface area is 211 Å². The van der Waals surface area contributed by atoms with Gasteiger partial charge in [-0.05, 0) is 39.7 Å². The molecule has 0 radical (unpaired) electrons. The highest BCUT2D eigenvalue weighted by atomic mass is 19.2. The standard InChI is InChI=1S/C26H29F5O6/c1-6-26(5,36-12-16-10-8-7-9-11-16)24(33)35-14-25(4,13-34-15(2)3)23(32)37-22-20(30)18(28)17(27)19(29)21(22)31/h7-11,15H,6,12-14H2,1-5H3. The highest BCUT2D eigenvalue weighted by Crippen LogP contribution is 2.32. The van der Waals surface area contributed by atoms with Crippen LogP contribution in [0, 0.1) is 34.5 Å². The third kappa shape index (κ3) is 7.26. The molecule has 2 atom stereocenters. The van der Waals surface area contributed by atoms with Crippen LogP contribution in [0.4, 0.5) is 22.0 Å². The summed E-state index contributed by atoms with van der Waals surface area (Å²) in [6.07, 6.45) is -0.223. The molecule has 0 spiro atoms. The van der Waals surface area contributed by atoms with Crippen molar-refractivity contribution < 1.29 is 50.5 Å². The van der Waals surface area contributed by atoms with Gasteiger partial charge in [0.05, 0.1) is 19.3 Å². The molecule has 0 aromatic heterocycles. The van der Waals surface area contributed by atoms with Crippen LogP contribution in [-0.4, -0.2) is 36.9 Å². The average Bonchev–Trinajstić information content (AvgIpc) is 2.89. The summed E-state index contributed by atoms with van der Waals surface area (Å²) in [5.74, 6) is -15.6. The maximum Gasteiger partial charge on any atom is 0.338 e. The van der Waals surface area contributed by atoms with Crippen LogP contribution in [0.1, 0.15) is 46.6 Å². The fourth-order valence-electron chi connectivity index (χ4n) is 2.90. The van der Waals surface area contributed by atoms with Crippen LogP contribution in [0.25, 0.3) is 0 Å². The van der Waals surface area contributed by atoms with E-state index in [9.17, 15) is 31.5 Å². The van der Waals surface area contributed by atoms with Crippen molar-refractivity contribution in [1.29, 1.82) is 0 Å². The smallest absolute Gasteiger partial charge is 0.338 e. The predicted octanol–water partition coefficient (Wildman–Crippen LogP) is 5.65. The van der Waals surface area contributed by atoms with Gasteiger partial charge in [-0.1, -0.05) is 37.3 Å². The molecule has 0 amide bonds. The molecule has 0 N–H and O–H groups in total. The Morgan fingerprint density at radius 2 is 1.38 bits per heavy atom. The summed E-state index contributed by atoms with van der Waals surface area (Å²) in [6, 6.07) is 9.03. The lowest BCUT2D eigenvalue weighted by molar-refractivity contribution is -0.180. The maximum absolute atomic E-state index is 14.1. The fourth-order valence-corrected chi connectivity index (χ4v) is 2.90. The zero-order chi connectivity index (χ0) is 28.0. The first-order chi connectivity index (χ1) is 17.3. The lowest BCUT2D eigenvalue weighted by Crippen LogP contribution is -2.45. The topological polar surface area (TPSA) is 71.1 Å². The van der Waals surface area contributed by atoms with E-state index in [4.69, 9.17) is 14.2 Å². The van der Waals surface area contributed by atoms with Crippen molar-refractivity contribution in [1.82, 2.24) is 0 Å². The molecule has 6 nitrogen and oxygen atoms in total. The summed E-state index contributed by atoms with van der Waals surface area (Å²) in [5.41, 5.74) is -2.49. The van der Waals surface area contributed by atoms with Gasteiger partial charge < -0.3 is 18.9 Å². The third-order valence-corrected chi connectivity index (χ3v) is 5.62. The van der Waals surface area contributed by atoms with Crippen LogP contribution in [0.3, 0.4) is 0 Å². The van der Waals surface area contributed by atoms with Crippen LogP contribution >= 0.6 is 0 Å². The minimum atomic E-state index is -2.40. The molecular weight excluding hydrogens is 503 g/mol. The van der Waals surface area contributed by atoms with E-state index in [1.165, 1.54) is 13.8 Å². The Hall–Kier alpha value is -3.05. The van der Waals surface area contributed by atoms with E-state index in [1.807, 2.05) is 6.07 Å². The highest BCUT2D eigenvalue weighted by molar-refractivity contribution is 5.82. The van der Waals surface area contributed by atoms with Gasteiger partial charge in [-0.3, -0.25) is 4.79 Å². The van der Waals surface area contributed by atoms with Crippen LogP contribution in [0.2, 0.25) is 0 Å².